The van der Waals surface area contributed by atoms with Crippen molar-refractivity contribution in [3.8, 4) is 0 Å². The molecule has 0 atom stereocenters. The fourth-order valence-electron chi connectivity index (χ4n) is 1.58. The monoisotopic (exact) mass is 248 g/mol. The predicted octanol–water partition coefficient (Wildman–Crippen LogP) is -0.335. The van der Waals surface area contributed by atoms with Gasteiger partial charge < -0.3 is 11.1 Å². The first-order valence-electron chi connectivity index (χ1n) is 5.47. The molecule has 0 bridgehead atoms. The summed E-state index contributed by atoms with van der Waals surface area (Å²) in [5, 5.41) is 3.22. The van der Waals surface area contributed by atoms with E-state index in [1.165, 1.54) is 0 Å². The molecular weight excluding hydrogens is 228 g/mol. The fraction of sp³-hybridized carbons (Fsp3) is 0.900. The highest BCUT2D eigenvalue weighted by Gasteiger charge is 2.28. The lowest BCUT2D eigenvalue weighted by Gasteiger charge is -2.28. The first kappa shape index (κ1) is 13.4. The largest absolute Gasteiger partial charge is 0.369 e. The van der Waals surface area contributed by atoms with E-state index in [1.807, 2.05) is 0 Å². The summed E-state index contributed by atoms with van der Waals surface area (Å²) in [7, 11) is -2.82. The molecule has 0 unspecified atom stereocenters. The Labute approximate surface area is 96.7 Å². The van der Waals surface area contributed by atoms with Crippen LogP contribution in [-0.4, -0.2) is 38.4 Å². The number of carbonyl (C=O) groups excluding carboxylic acids is 1. The first-order chi connectivity index (χ1) is 7.23. The lowest BCUT2D eigenvalue weighted by Crippen LogP contribution is -2.46. The average molecular weight is 248 g/mol. The van der Waals surface area contributed by atoms with Crippen molar-refractivity contribution in [2.45, 2.75) is 32.7 Å². The fourth-order valence-corrected chi connectivity index (χ4v) is 3.07. The third kappa shape index (κ3) is 3.75. The smallest absolute Gasteiger partial charge is 0.224 e. The number of nitrogens with one attached hydrogen (secondary N) is 1. The van der Waals surface area contributed by atoms with Crippen molar-refractivity contribution < 1.29 is 13.2 Å². The minimum absolute atomic E-state index is 0.183. The summed E-state index contributed by atoms with van der Waals surface area (Å²) in [5.41, 5.74) is 4.67. The second-order valence-electron chi connectivity index (χ2n) is 5.06. The van der Waals surface area contributed by atoms with E-state index in [-0.39, 0.29) is 23.5 Å². The molecule has 1 rings (SSSR count). The summed E-state index contributed by atoms with van der Waals surface area (Å²) in [6.45, 7) is 4.05. The molecule has 1 amide bonds. The molecule has 16 heavy (non-hydrogen) atoms. The Hall–Kier alpha value is -0.620. The molecule has 0 aromatic heterocycles. The molecule has 0 saturated carbocycles. The van der Waals surface area contributed by atoms with E-state index in [4.69, 9.17) is 5.73 Å². The first-order valence-corrected chi connectivity index (χ1v) is 7.29. The van der Waals surface area contributed by atoms with Gasteiger partial charge in [0.2, 0.25) is 5.91 Å². The zero-order chi connectivity index (χ0) is 12.4. The van der Waals surface area contributed by atoms with Gasteiger partial charge in [-0.1, -0.05) is 0 Å². The normalized spacial score (nSPS) is 21.9. The summed E-state index contributed by atoms with van der Waals surface area (Å²) in [6.07, 6.45) is 1.24. The minimum Gasteiger partial charge on any atom is -0.369 e. The van der Waals surface area contributed by atoms with Crippen LogP contribution in [0.5, 0.6) is 0 Å². The van der Waals surface area contributed by atoms with Gasteiger partial charge in [-0.25, -0.2) is 8.42 Å². The van der Waals surface area contributed by atoms with Crippen LogP contribution in [0.2, 0.25) is 0 Å². The van der Waals surface area contributed by atoms with Gasteiger partial charge in [0, 0.05) is 12.6 Å². The molecule has 3 N–H and O–H groups in total. The van der Waals surface area contributed by atoms with E-state index in [2.05, 4.69) is 5.32 Å². The second kappa shape index (κ2) is 4.71. The van der Waals surface area contributed by atoms with Crippen LogP contribution in [0.15, 0.2) is 0 Å². The molecule has 0 spiro atoms. The van der Waals surface area contributed by atoms with Gasteiger partial charge in [-0.3, -0.25) is 4.79 Å². The minimum atomic E-state index is -2.82. The van der Waals surface area contributed by atoms with Gasteiger partial charge in [-0.2, -0.15) is 0 Å². The maximum atomic E-state index is 11.2. The maximum absolute atomic E-state index is 11.2. The molecule has 0 aromatic carbocycles. The Kier molecular flexibility index (Phi) is 3.96. The standard InChI is InChI=1S/C10H20N2O3S/c1-10(2,9(11)13)7-12-8-3-5-16(14,15)6-4-8/h8,12H,3-7H2,1-2H3,(H2,11,13). The number of hydrogen-bond acceptors (Lipinski definition) is 4. The van der Waals surface area contributed by atoms with Crippen LogP contribution in [0.25, 0.3) is 0 Å². The van der Waals surface area contributed by atoms with Crippen molar-refractivity contribution in [3.63, 3.8) is 0 Å². The number of hydrogen-bond donors (Lipinski definition) is 2. The Bertz CT molecular complexity index is 348. The van der Waals surface area contributed by atoms with Crippen LogP contribution in [0.1, 0.15) is 26.7 Å². The highest BCUT2D eigenvalue weighted by Crippen LogP contribution is 2.16. The molecule has 5 nitrogen and oxygen atoms in total. The van der Waals surface area contributed by atoms with Gasteiger partial charge in [0.25, 0.3) is 0 Å². The molecular formula is C10H20N2O3S. The van der Waals surface area contributed by atoms with Crippen molar-refractivity contribution >= 4 is 15.7 Å². The molecule has 1 aliphatic rings. The Morgan fingerprint density at radius 1 is 1.38 bits per heavy atom. The van der Waals surface area contributed by atoms with E-state index in [1.54, 1.807) is 13.8 Å². The van der Waals surface area contributed by atoms with Crippen molar-refractivity contribution in [2.24, 2.45) is 11.1 Å². The van der Waals surface area contributed by atoms with E-state index < -0.39 is 15.3 Å². The van der Waals surface area contributed by atoms with E-state index in [9.17, 15) is 13.2 Å². The molecule has 1 heterocycles. The topological polar surface area (TPSA) is 89.3 Å². The number of rotatable bonds is 4. The number of sulfone groups is 1. The predicted molar refractivity (Wildman–Crippen MR) is 62.7 cm³/mol. The summed E-state index contributed by atoms with van der Waals surface area (Å²) in [5.74, 6) is 0.131. The van der Waals surface area contributed by atoms with Crippen molar-refractivity contribution in [3.05, 3.63) is 0 Å². The van der Waals surface area contributed by atoms with Crippen LogP contribution in [0, 0.1) is 5.41 Å². The van der Waals surface area contributed by atoms with Gasteiger partial charge in [-0.15, -0.1) is 0 Å². The van der Waals surface area contributed by atoms with Gasteiger partial charge in [0.1, 0.15) is 9.84 Å². The number of nitrogens with two attached hydrogens (primary N) is 1. The molecule has 94 valence electrons. The van der Waals surface area contributed by atoms with Crippen LogP contribution in [-0.2, 0) is 14.6 Å². The average Bonchev–Trinajstić information content (AvgIpc) is 2.16. The SMILES string of the molecule is CC(C)(CNC1CCS(=O)(=O)CC1)C(N)=O. The molecule has 1 fully saturated rings. The lowest BCUT2D eigenvalue weighted by molar-refractivity contribution is -0.125. The Balaban J connectivity index is 2.38. The molecule has 6 heteroatoms. The molecule has 1 saturated heterocycles. The van der Waals surface area contributed by atoms with Crippen LogP contribution < -0.4 is 11.1 Å². The van der Waals surface area contributed by atoms with Crippen molar-refractivity contribution in [2.75, 3.05) is 18.1 Å². The number of primary amides is 1. The van der Waals surface area contributed by atoms with Crippen molar-refractivity contribution in [1.82, 2.24) is 5.32 Å². The maximum Gasteiger partial charge on any atom is 0.224 e. The van der Waals surface area contributed by atoms with Gasteiger partial charge >= 0.3 is 0 Å². The van der Waals surface area contributed by atoms with Crippen molar-refractivity contribution in [1.29, 1.82) is 0 Å². The highest BCUT2D eigenvalue weighted by molar-refractivity contribution is 7.91. The van der Waals surface area contributed by atoms with E-state index >= 15 is 0 Å². The highest BCUT2D eigenvalue weighted by atomic mass is 32.2. The third-order valence-electron chi connectivity index (χ3n) is 3.05. The quantitative estimate of drug-likeness (QED) is 0.712. The molecule has 1 aliphatic heterocycles. The van der Waals surface area contributed by atoms with E-state index in [0.29, 0.717) is 19.4 Å². The summed E-state index contributed by atoms with van der Waals surface area (Å²) >= 11 is 0. The summed E-state index contributed by atoms with van der Waals surface area (Å²) < 4.78 is 22.4. The van der Waals surface area contributed by atoms with Gasteiger partial charge in [0.05, 0.1) is 16.9 Å². The Morgan fingerprint density at radius 3 is 2.31 bits per heavy atom. The van der Waals surface area contributed by atoms with E-state index in [0.717, 1.165) is 0 Å². The zero-order valence-electron chi connectivity index (χ0n) is 9.82. The molecule has 0 aromatic rings. The second-order valence-corrected chi connectivity index (χ2v) is 7.36. The summed E-state index contributed by atoms with van der Waals surface area (Å²) in [6, 6.07) is 0.183. The third-order valence-corrected chi connectivity index (χ3v) is 4.77. The lowest BCUT2D eigenvalue weighted by atomic mass is 9.92. The molecule has 0 aliphatic carbocycles. The van der Waals surface area contributed by atoms with Crippen LogP contribution in [0.4, 0.5) is 0 Å². The zero-order valence-corrected chi connectivity index (χ0v) is 10.6. The van der Waals surface area contributed by atoms with Crippen LogP contribution >= 0.6 is 0 Å². The van der Waals surface area contributed by atoms with Gasteiger partial charge in [-0.05, 0) is 26.7 Å². The number of amides is 1. The Morgan fingerprint density at radius 2 is 1.88 bits per heavy atom. The van der Waals surface area contributed by atoms with Crippen LogP contribution in [0.3, 0.4) is 0 Å². The molecule has 0 radical (unpaired) electrons. The van der Waals surface area contributed by atoms with Gasteiger partial charge in [0.15, 0.2) is 0 Å². The summed E-state index contributed by atoms with van der Waals surface area (Å²) in [4.78, 5) is 11.1. The number of carbonyl (C=O) groups is 1.